The lowest BCUT2D eigenvalue weighted by Crippen LogP contribution is -1.93. The molecule has 2 heteroatoms. The van der Waals surface area contributed by atoms with Crippen LogP contribution in [-0.4, -0.2) is 0 Å². The summed E-state index contributed by atoms with van der Waals surface area (Å²) in [5, 5.41) is 4.74. The maximum atomic E-state index is 2.37. The van der Waals surface area contributed by atoms with Gasteiger partial charge in [0.15, 0.2) is 0 Å². The first kappa shape index (κ1) is 17.7. The van der Waals surface area contributed by atoms with Crippen LogP contribution in [0.5, 0.6) is 0 Å². The Bertz CT molecular complexity index is 1010. The second kappa shape index (κ2) is 7.90. The summed E-state index contributed by atoms with van der Waals surface area (Å²) in [5.74, 6) is 0. The zero-order valence-electron chi connectivity index (χ0n) is 15.7. The highest BCUT2D eigenvalue weighted by Crippen LogP contribution is 2.46. The third-order valence-electron chi connectivity index (χ3n) is 5.45. The van der Waals surface area contributed by atoms with E-state index in [1.165, 1.54) is 43.1 Å². The monoisotopic (exact) mass is 398 g/mol. The summed E-state index contributed by atoms with van der Waals surface area (Å²) in [5.41, 5.74) is 8.53. The predicted octanol–water partition coefficient (Wildman–Crippen LogP) is 8.25. The first-order chi connectivity index (χ1) is 13.9. The Kier molecular flexibility index (Phi) is 4.99. The number of rotatable bonds is 2. The molecule has 0 N–H and O–H groups in total. The van der Waals surface area contributed by atoms with Crippen molar-refractivity contribution >= 4 is 22.7 Å². The summed E-state index contributed by atoms with van der Waals surface area (Å²) in [6.07, 6.45) is 9.20. The van der Waals surface area contributed by atoms with Gasteiger partial charge >= 0.3 is 0 Å². The van der Waals surface area contributed by atoms with Crippen LogP contribution in [0, 0.1) is 0 Å². The topological polar surface area (TPSA) is 0 Å². The van der Waals surface area contributed by atoms with Crippen LogP contribution in [0.3, 0.4) is 0 Å². The number of fused-ring (bicyclic) bond motifs is 3. The van der Waals surface area contributed by atoms with Crippen LogP contribution in [-0.2, 0) is 12.8 Å². The molecule has 1 aliphatic carbocycles. The predicted molar refractivity (Wildman–Crippen MR) is 124 cm³/mol. The van der Waals surface area contributed by atoms with E-state index < -0.39 is 0 Å². The van der Waals surface area contributed by atoms with Gasteiger partial charge in [-0.05, 0) is 69.8 Å². The molecule has 1 aliphatic rings. The molecule has 2 heterocycles. The van der Waals surface area contributed by atoms with Gasteiger partial charge in [-0.25, -0.2) is 0 Å². The molecule has 2 aromatic carbocycles. The Hall–Kier alpha value is -2.42. The fraction of sp³-hybridized carbons (Fsp3) is 0.154. The van der Waals surface area contributed by atoms with Gasteiger partial charge in [0.2, 0.25) is 0 Å². The maximum absolute atomic E-state index is 2.37. The Balaban J connectivity index is 1.69. The van der Waals surface area contributed by atoms with Crippen molar-refractivity contribution in [2.45, 2.75) is 25.7 Å². The highest BCUT2D eigenvalue weighted by atomic mass is 32.1. The van der Waals surface area contributed by atoms with E-state index in [4.69, 9.17) is 0 Å². The third kappa shape index (κ3) is 3.28. The number of allylic oxidation sites excluding steroid dienone is 2. The van der Waals surface area contributed by atoms with Crippen LogP contribution in [0.25, 0.3) is 32.0 Å². The molecule has 0 saturated heterocycles. The van der Waals surface area contributed by atoms with Gasteiger partial charge in [-0.15, -0.1) is 22.7 Å². The third-order valence-corrected chi connectivity index (χ3v) is 7.66. The van der Waals surface area contributed by atoms with Gasteiger partial charge < -0.3 is 0 Å². The molecule has 5 rings (SSSR count). The highest BCUT2D eigenvalue weighted by Gasteiger charge is 2.21. The molecule has 0 amide bonds. The van der Waals surface area contributed by atoms with Crippen LogP contribution in [0.4, 0.5) is 0 Å². The van der Waals surface area contributed by atoms with Gasteiger partial charge in [0.05, 0.1) is 0 Å². The van der Waals surface area contributed by atoms with Gasteiger partial charge in [0.1, 0.15) is 0 Å². The molecule has 0 aliphatic heterocycles. The highest BCUT2D eigenvalue weighted by molar-refractivity contribution is 7.21. The van der Waals surface area contributed by atoms with Crippen molar-refractivity contribution in [3.05, 3.63) is 94.7 Å². The molecule has 138 valence electrons. The van der Waals surface area contributed by atoms with Crippen LogP contribution < -0.4 is 0 Å². The van der Waals surface area contributed by atoms with E-state index in [1.54, 1.807) is 0 Å². The second-order valence-corrected chi connectivity index (χ2v) is 8.95. The van der Waals surface area contributed by atoms with Crippen molar-refractivity contribution in [3.8, 4) is 32.0 Å². The Morgan fingerprint density at radius 3 is 1.39 bits per heavy atom. The van der Waals surface area contributed by atoms with Crippen molar-refractivity contribution in [1.82, 2.24) is 0 Å². The Labute approximate surface area is 174 Å². The molecule has 0 atom stereocenters. The van der Waals surface area contributed by atoms with Crippen LogP contribution in [0.15, 0.2) is 83.6 Å². The first-order valence-corrected chi connectivity index (χ1v) is 11.6. The average molecular weight is 399 g/mol. The minimum Gasteiger partial charge on any atom is -0.142 e. The van der Waals surface area contributed by atoms with E-state index in [-0.39, 0.29) is 0 Å². The second-order valence-electron chi connectivity index (χ2n) is 7.19. The SMILES string of the molecule is C1=C/CCc2c(-c3ccccc3)csc2-c2scc(-c3ccccc3)c2CC/1. The average Bonchev–Trinajstić information content (AvgIpc) is 3.36. The number of hydrogen-bond donors (Lipinski definition) is 0. The molecule has 0 bridgehead atoms. The van der Waals surface area contributed by atoms with Crippen LogP contribution in [0.1, 0.15) is 24.0 Å². The minimum absolute atomic E-state index is 1.11. The lowest BCUT2D eigenvalue weighted by Gasteiger charge is -2.11. The summed E-state index contributed by atoms with van der Waals surface area (Å²) in [6.45, 7) is 0. The van der Waals surface area contributed by atoms with Gasteiger partial charge in [-0.1, -0.05) is 72.8 Å². The minimum atomic E-state index is 1.11. The van der Waals surface area contributed by atoms with E-state index >= 15 is 0 Å². The van der Waals surface area contributed by atoms with Gasteiger partial charge in [0.25, 0.3) is 0 Å². The summed E-state index contributed by atoms with van der Waals surface area (Å²) >= 11 is 3.85. The number of benzene rings is 2. The van der Waals surface area contributed by atoms with E-state index in [1.807, 2.05) is 22.7 Å². The standard InChI is InChI=1S/C26H22S2/c1-2-10-16-22-24(20-13-7-4-8-14-20)18-28-26(22)25-21(15-9-1)23(17-27-25)19-11-5-3-6-12-19/h1-8,11-14,17-18H,9-10,15-16H2/b2-1+. The fourth-order valence-electron chi connectivity index (χ4n) is 4.05. The maximum Gasteiger partial charge on any atom is 0.0484 e. The van der Waals surface area contributed by atoms with Gasteiger partial charge in [-0.3, -0.25) is 0 Å². The summed E-state index contributed by atoms with van der Waals surface area (Å²) in [6, 6.07) is 21.7. The van der Waals surface area contributed by atoms with Crippen molar-refractivity contribution < 1.29 is 0 Å². The lowest BCUT2D eigenvalue weighted by molar-refractivity contribution is 0.961. The van der Waals surface area contributed by atoms with Crippen LogP contribution >= 0.6 is 22.7 Å². The molecule has 0 unspecified atom stereocenters. The number of thiophene rings is 2. The molecular formula is C26H22S2. The van der Waals surface area contributed by atoms with Crippen molar-refractivity contribution in [2.75, 3.05) is 0 Å². The Morgan fingerprint density at radius 1 is 0.536 bits per heavy atom. The fourth-order valence-corrected chi connectivity index (χ4v) is 6.54. The molecule has 4 aromatic rings. The quantitative estimate of drug-likeness (QED) is 0.298. The smallest absolute Gasteiger partial charge is 0.0484 e. The number of hydrogen-bond acceptors (Lipinski definition) is 2. The van der Waals surface area contributed by atoms with Gasteiger partial charge in [0, 0.05) is 9.75 Å². The molecular weight excluding hydrogens is 376 g/mol. The van der Waals surface area contributed by atoms with E-state index in [9.17, 15) is 0 Å². The summed E-state index contributed by atoms with van der Waals surface area (Å²) in [4.78, 5) is 2.97. The lowest BCUT2D eigenvalue weighted by atomic mass is 9.94. The zero-order valence-corrected chi connectivity index (χ0v) is 17.4. The van der Waals surface area contributed by atoms with Crippen molar-refractivity contribution in [1.29, 1.82) is 0 Å². The molecule has 0 saturated carbocycles. The molecule has 0 spiro atoms. The van der Waals surface area contributed by atoms with Crippen LogP contribution in [0.2, 0.25) is 0 Å². The van der Waals surface area contributed by atoms with Crippen molar-refractivity contribution in [2.24, 2.45) is 0 Å². The molecule has 0 fully saturated rings. The molecule has 0 nitrogen and oxygen atoms in total. The summed E-state index contributed by atoms with van der Waals surface area (Å²) < 4.78 is 0. The Morgan fingerprint density at radius 2 is 0.964 bits per heavy atom. The molecule has 2 aromatic heterocycles. The molecule has 28 heavy (non-hydrogen) atoms. The van der Waals surface area contributed by atoms with Crippen molar-refractivity contribution in [3.63, 3.8) is 0 Å². The largest absolute Gasteiger partial charge is 0.142 e. The zero-order chi connectivity index (χ0) is 18.8. The van der Waals surface area contributed by atoms with E-state index in [0.717, 1.165) is 25.7 Å². The van der Waals surface area contributed by atoms with E-state index in [0.29, 0.717) is 0 Å². The first-order valence-electron chi connectivity index (χ1n) is 9.89. The van der Waals surface area contributed by atoms with Gasteiger partial charge in [-0.2, -0.15) is 0 Å². The normalized spacial score (nSPS) is 14.9. The van der Waals surface area contributed by atoms with E-state index in [2.05, 4.69) is 83.6 Å². The summed E-state index contributed by atoms with van der Waals surface area (Å²) in [7, 11) is 0. The molecule has 0 radical (unpaired) electrons.